The summed E-state index contributed by atoms with van der Waals surface area (Å²) < 4.78 is 16.4. The predicted molar refractivity (Wildman–Crippen MR) is 119 cm³/mol. The van der Waals surface area contributed by atoms with E-state index in [1.165, 1.54) is 0 Å². The lowest BCUT2D eigenvalue weighted by molar-refractivity contribution is -0.123. The maximum atomic E-state index is 12.6. The number of carbonyl (C=O) groups excluding carboxylic acids is 2. The van der Waals surface area contributed by atoms with E-state index in [-0.39, 0.29) is 31.3 Å². The molecule has 0 fully saturated rings. The number of fused-ring (bicyclic) bond motifs is 1. The van der Waals surface area contributed by atoms with Crippen molar-refractivity contribution >= 4 is 11.8 Å². The molecule has 1 heterocycles. The summed E-state index contributed by atoms with van der Waals surface area (Å²) in [7, 11) is 0. The summed E-state index contributed by atoms with van der Waals surface area (Å²) in [5, 5.41) is 5.77. The van der Waals surface area contributed by atoms with Crippen molar-refractivity contribution in [2.75, 3.05) is 13.4 Å². The fourth-order valence-electron chi connectivity index (χ4n) is 3.35. The second kappa shape index (κ2) is 9.87. The van der Waals surface area contributed by atoms with Crippen LogP contribution in [0.4, 0.5) is 0 Å². The molecular weight excluding hydrogens is 408 g/mol. The fourth-order valence-corrected chi connectivity index (χ4v) is 3.35. The number of benzene rings is 3. The number of carbonyl (C=O) groups is 2. The second-order valence-electron chi connectivity index (χ2n) is 7.36. The van der Waals surface area contributed by atoms with E-state index in [0.29, 0.717) is 29.4 Å². The number of amides is 2. The molecule has 1 atom stereocenters. The quantitative estimate of drug-likeness (QED) is 0.568. The lowest BCUT2D eigenvalue weighted by Gasteiger charge is -2.16. The molecule has 7 heteroatoms. The Morgan fingerprint density at radius 3 is 2.56 bits per heavy atom. The van der Waals surface area contributed by atoms with Gasteiger partial charge in [-0.05, 0) is 42.3 Å². The van der Waals surface area contributed by atoms with Crippen molar-refractivity contribution in [3.63, 3.8) is 0 Å². The number of ether oxygens (including phenoxy) is 3. The van der Waals surface area contributed by atoms with Crippen LogP contribution in [0.2, 0.25) is 0 Å². The number of hydrogen-bond acceptors (Lipinski definition) is 5. The fraction of sp³-hybridized carbons (Fsp3) is 0.200. The summed E-state index contributed by atoms with van der Waals surface area (Å²) in [6.45, 7) is 2.27. The molecule has 3 aromatic carbocycles. The molecule has 0 aliphatic carbocycles. The first-order valence-electron chi connectivity index (χ1n) is 10.3. The molecule has 2 amide bonds. The van der Waals surface area contributed by atoms with Gasteiger partial charge in [-0.1, -0.05) is 48.5 Å². The highest BCUT2D eigenvalue weighted by Crippen LogP contribution is 2.34. The number of nitrogens with one attached hydrogen (secondary N) is 2. The molecule has 1 aliphatic heterocycles. The third kappa shape index (κ3) is 5.18. The average Bonchev–Trinajstić information content (AvgIpc) is 3.30. The zero-order chi connectivity index (χ0) is 22.3. The van der Waals surface area contributed by atoms with E-state index in [1.807, 2.05) is 55.5 Å². The first-order valence-corrected chi connectivity index (χ1v) is 10.3. The Labute approximate surface area is 186 Å². The minimum Gasteiger partial charge on any atom is -0.483 e. The van der Waals surface area contributed by atoms with E-state index in [4.69, 9.17) is 14.2 Å². The van der Waals surface area contributed by atoms with Crippen LogP contribution < -0.4 is 24.8 Å². The van der Waals surface area contributed by atoms with Crippen LogP contribution in [0, 0.1) is 0 Å². The van der Waals surface area contributed by atoms with Gasteiger partial charge in [0.2, 0.25) is 6.79 Å². The monoisotopic (exact) mass is 432 g/mol. The van der Waals surface area contributed by atoms with Crippen LogP contribution in [0.3, 0.4) is 0 Å². The van der Waals surface area contributed by atoms with Gasteiger partial charge < -0.3 is 24.8 Å². The highest BCUT2D eigenvalue weighted by Gasteiger charge is 2.18. The Morgan fingerprint density at radius 2 is 1.72 bits per heavy atom. The summed E-state index contributed by atoms with van der Waals surface area (Å²) in [4.78, 5) is 25.1. The lowest BCUT2D eigenvalue weighted by atomic mass is 10.1. The van der Waals surface area contributed by atoms with Crippen LogP contribution in [0.1, 0.15) is 34.5 Å². The van der Waals surface area contributed by atoms with Crippen molar-refractivity contribution in [2.24, 2.45) is 0 Å². The average molecular weight is 432 g/mol. The number of hydrogen-bond donors (Lipinski definition) is 2. The lowest BCUT2D eigenvalue weighted by Crippen LogP contribution is -2.31. The minimum atomic E-state index is -0.297. The first-order chi connectivity index (χ1) is 15.6. The van der Waals surface area contributed by atoms with E-state index in [9.17, 15) is 9.59 Å². The van der Waals surface area contributed by atoms with Gasteiger partial charge in [0, 0.05) is 6.54 Å². The summed E-state index contributed by atoms with van der Waals surface area (Å²) in [6, 6.07) is 21.8. The zero-order valence-electron chi connectivity index (χ0n) is 17.7. The first kappa shape index (κ1) is 21.2. The van der Waals surface area contributed by atoms with Gasteiger partial charge in [-0.15, -0.1) is 0 Å². The molecule has 3 aromatic rings. The van der Waals surface area contributed by atoms with Crippen molar-refractivity contribution in [1.82, 2.24) is 10.6 Å². The topological polar surface area (TPSA) is 85.9 Å². The molecule has 0 saturated heterocycles. The Kier molecular flexibility index (Phi) is 6.55. The highest BCUT2D eigenvalue weighted by molar-refractivity contribution is 5.97. The largest absolute Gasteiger partial charge is 0.483 e. The van der Waals surface area contributed by atoms with E-state index < -0.39 is 0 Å². The van der Waals surface area contributed by atoms with Crippen LogP contribution in [-0.2, 0) is 11.3 Å². The molecule has 0 unspecified atom stereocenters. The Morgan fingerprint density at radius 1 is 0.969 bits per heavy atom. The smallest absolute Gasteiger partial charge is 0.258 e. The molecular formula is C25H24N2O5. The third-order valence-corrected chi connectivity index (χ3v) is 5.06. The molecule has 0 aromatic heterocycles. The van der Waals surface area contributed by atoms with Gasteiger partial charge in [0.25, 0.3) is 11.8 Å². The van der Waals surface area contributed by atoms with Gasteiger partial charge >= 0.3 is 0 Å². The van der Waals surface area contributed by atoms with E-state index in [2.05, 4.69) is 10.6 Å². The van der Waals surface area contributed by atoms with Gasteiger partial charge in [-0.3, -0.25) is 9.59 Å². The molecule has 7 nitrogen and oxygen atoms in total. The standard InChI is InChI=1S/C25H24N2O5/c1-17(19-11-12-22-23(13-19)32-16-31-22)27-24(28)15-30-21-10-6-5-9-20(21)25(29)26-14-18-7-3-2-4-8-18/h2-13,17H,14-16H2,1H3,(H,26,29)(H,27,28)/t17-/m1/s1. The predicted octanol–water partition coefficient (Wildman–Crippen LogP) is 3.60. The molecule has 0 saturated carbocycles. The molecule has 1 aliphatic rings. The zero-order valence-corrected chi connectivity index (χ0v) is 17.7. The Hall–Kier alpha value is -4.00. The molecule has 0 bridgehead atoms. The normalized spacial score (nSPS) is 12.7. The molecule has 0 spiro atoms. The second-order valence-corrected chi connectivity index (χ2v) is 7.36. The molecule has 2 N–H and O–H groups in total. The van der Waals surface area contributed by atoms with E-state index in [1.54, 1.807) is 24.3 Å². The number of para-hydroxylation sites is 1. The van der Waals surface area contributed by atoms with E-state index in [0.717, 1.165) is 11.1 Å². The summed E-state index contributed by atoms with van der Waals surface area (Å²) in [5.41, 5.74) is 2.26. The third-order valence-electron chi connectivity index (χ3n) is 5.06. The SMILES string of the molecule is C[C@@H](NC(=O)COc1ccccc1C(=O)NCc1ccccc1)c1ccc2c(c1)OCO2. The molecule has 32 heavy (non-hydrogen) atoms. The van der Waals surface area contributed by atoms with Crippen LogP contribution in [0.25, 0.3) is 0 Å². The Balaban J connectivity index is 1.32. The maximum absolute atomic E-state index is 12.6. The van der Waals surface area contributed by atoms with E-state index >= 15 is 0 Å². The van der Waals surface area contributed by atoms with Gasteiger partial charge in [-0.2, -0.15) is 0 Å². The molecule has 164 valence electrons. The van der Waals surface area contributed by atoms with Crippen molar-refractivity contribution in [3.8, 4) is 17.2 Å². The van der Waals surface area contributed by atoms with Gasteiger partial charge in [-0.25, -0.2) is 0 Å². The maximum Gasteiger partial charge on any atom is 0.258 e. The van der Waals surface area contributed by atoms with Crippen LogP contribution in [0.15, 0.2) is 72.8 Å². The molecule has 4 rings (SSSR count). The van der Waals surface area contributed by atoms with Crippen molar-refractivity contribution in [1.29, 1.82) is 0 Å². The summed E-state index contributed by atoms with van der Waals surface area (Å²) in [6.07, 6.45) is 0. The van der Waals surface area contributed by atoms with Crippen molar-refractivity contribution < 1.29 is 23.8 Å². The molecule has 0 radical (unpaired) electrons. The van der Waals surface area contributed by atoms with Gasteiger partial charge in [0.15, 0.2) is 18.1 Å². The van der Waals surface area contributed by atoms with Crippen molar-refractivity contribution in [3.05, 3.63) is 89.5 Å². The van der Waals surface area contributed by atoms with Gasteiger partial charge in [0.05, 0.1) is 11.6 Å². The Bertz CT molecular complexity index is 1100. The summed E-state index contributed by atoms with van der Waals surface area (Å²) >= 11 is 0. The van der Waals surface area contributed by atoms with Crippen LogP contribution in [0.5, 0.6) is 17.2 Å². The van der Waals surface area contributed by atoms with Gasteiger partial charge in [0.1, 0.15) is 5.75 Å². The number of rotatable bonds is 8. The van der Waals surface area contributed by atoms with Crippen LogP contribution in [-0.4, -0.2) is 25.2 Å². The highest BCUT2D eigenvalue weighted by atomic mass is 16.7. The van der Waals surface area contributed by atoms with Crippen molar-refractivity contribution in [2.45, 2.75) is 19.5 Å². The summed E-state index contributed by atoms with van der Waals surface area (Å²) in [5.74, 6) is 1.14. The minimum absolute atomic E-state index is 0.200. The van der Waals surface area contributed by atoms with Crippen LogP contribution >= 0.6 is 0 Å².